The quantitative estimate of drug-likeness (QED) is 0.664. The van der Waals surface area contributed by atoms with Crippen LogP contribution in [0.5, 0.6) is 0 Å². The molecule has 2 unspecified atom stereocenters. The Kier molecular flexibility index (Phi) is 1.98. The zero-order valence-electron chi connectivity index (χ0n) is 10.3. The van der Waals surface area contributed by atoms with Gasteiger partial charge in [-0.25, -0.2) is 0 Å². The fourth-order valence-electron chi connectivity index (χ4n) is 3.31. The molecule has 1 saturated heterocycles. The second kappa shape index (κ2) is 3.45. The fourth-order valence-corrected chi connectivity index (χ4v) is 3.31. The van der Waals surface area contributed by atoms with Gasteiger partial charge in [0.25, 0.3) is 0 Å². The minimum absolute atomic E-state index is 0.0867. The van der Waals surface area contributed by atoms with E-state index in [0.717, 1.165) is 30.5 Å². The number of ether oxygens (including phenoxy) is 1. The van der Waals surface area contributed by atoms with Crippen molar-refractivity contribution < 1.29 is 9.53 Å². The van der Waals surface area contributed by atoms with Crippen LogP contribution in [0.25, 0.3) is 10.9 Å². The van der Waals surface area contributed by atoms with E-state index in [0.29, 0.717) is 6.10 Å². The summed E-state index contributed by atoms with van der Waals surface area (Å²) in [6, 6.07) is 8.19. The van der Waals surface area contributed by atoms with Crippen LogP contribution >= 0.6 is 0 Å². The summed E-state index contributed by atoms with van der Waals surface area (Å²) in [6.45, 7) is 1.63. The highest BCUT2D eigenvalue weighted by molar-refractivity contribution is 5.95. The lowest BCUT2D eigenvalue weighted by Crippen LogP contribution is -2.10. The molecular formula is C15H15NO2. The van der Waals surface area contributed by atoms with Crippen LogP contribution in [0.2, 0.25) is 0 Å². The number of nitrogens with zero attached hydrogens (tertiary/aromatic N) is 1. The van der Waals surface area contributed by atoms with Crippen LogP contribution in [-0.4, -0.2) is 16.6 Å². The van der Waals surface area contributed by atoms with Crippen LogP contribution in [0.3, 0.4) is 0 Å². The number of hydrogen-bond acceptors (Lipinski definition) is 2. The standard InChI is InChI=1S/C15H15NO2/c1-9(17)16-12-7-3-2-5-10(12)11-6-4-8-13-15(18-13)14(11)16/h2-3,5,7,13,15H,4,6,8H2,1H3. The lowest BCUT2D eigenvalue weighted by molar-refractivity contribution is 0.0936. The van der Waals surface area contributed by atoms with E-state index in [4.69, 9.17) is 4.74 Å². The van der Waals surface area contributed by atoms with Gasteiger partial charge in [-0.05, 0) is 30.9 Å². The molecule has 2 heterocycles. The van der Waals surface area contributed by atoms with Crippen molar-refractivity contribution in [3.8, 4) is 0 Å². The van der Waals surface area contributed by atoms with Gasteiger partial charge in [0.15, 0.2) is 0 Å². The molecule has 4 rings (SSSR count). The number of epoxide rings is 1. The highest BCUT2D eigenvalue weighted by atomic mass is 16.6. The van der Waals surface area contributed by atoms with Gasteiger partial charge in [-0.15, -0.1) is 0 Å². The Balaban J connectivity index is 2.09. The number of carbonyl (C=O) groups excluding carboxylic acids is 1. The Bertz CT molecular complexity index is 656. The Labute approximate surface area is 105 Å². The highest BCUT2D eigenvalue weighted by Gasteiger charge is 2.45. The van der Waals surface area contributed by atoms with Gasteiger partial charge in [-0.1, -0.05) is 18.2 Å². The van der Waals surface area contributed by atoms with Crippen molar-refractivity contribution in [2.24, 2.45) is 0 Å². The molecular weight excluding hydrogens is 226 g/mol. The number of aromatic nitrogens is 1. The summed E-state index contributed by atoms with van der Waals surface area (Å²) in [5.74, 6) is 0.0867. The van der Waals surface area contributed by atoms with Gasteiger partial charge in [0, 0.05) is 12.3 Å². The summed E-state index contributed by atoms with van der Waals surface area (Å²) in [7, 11) is 0. The van der Waals surface area contributed by atoms with E-state index in [1.165, 1.54) is 10.9 Å². The van der Waals surface area contributed by atoms with Gasteiger partial charge in [-0.3, -0.25) is 9.36 Å². The van der Waals surface area contributed by atoms with Gasteiger partial charge in [0.05, 0.1) is 17.3 Å². The molecule has 1 aliphatic carbocycles. The molecule has 2 atom stereocenters. The van der Waals surface area contributed by atoms with Crippen molar-refractivity contribution >= 4 is 16.8 Å². The predicted molar refractivity (Wildman–Crippen MR) is 68.8 cm³/mol. The molecule has 1 fully saturated rings. The molecule has 2 aliphatic rings. The monoisotopic (exact) mass is 241 g/mol. The molecule has 18 heavy (non-hydrogen) atoms. The molecule has 2 aromatic rings. The number of aryl methyl sites for hydroxylation is 1. The Morgan fingerprint density at radius 2 is 2.22 bits per heavy atom. The van der Waals surface area contributed by atoms with Gasteiger partial charge < -0.3 is 4.74 Å². The first-order chi connectivity index (χ1) is 8.77. The minimum atomic E-state index is 0.0867. The highest BCUT2D eigenvalue weighted by Crippen LogP contribution is 2.48. The number of hydrogen-bond donors (Lipinski definition) is 0. The van der Waals surface area contributed by atoms with Gasteiger partial charge in [0.2, 0.25) is 5.91 Å². The molecule has 0 bridgehead atoms. The average molecular weight is 241 g/mol. The lowest BCUT2D eigenvalue weighted by atomic mass is 10.1. The average Bonchev–Trinajstić information content (AvgIpc) is 3.06. The molecule has 3 nitrogen and oxygen atoms in total. The summed E-state index contributed by atoms with van der Waals surface area (Å²) < 4.78 is 7.59. The fraction of sp³-hybridized carbons (Fsp3) is 0.400. The van der Waals surface area contributed by atoms with Gasteiger partial charge in [-0.2, -0.15) is 0 Å². The maximum Gasteiger partial charge on any atom is 0.228 e. The lowest BCUT2D eigenvalue weighted by Gasteiger charge is -2.05. The third kappa shape index (κ3) is 1.25. The number of carbonyl (C=O) groups is 1. The largest absolute Gasteiger partial charge is 0.363 e. The zero-order chi connectivity index (χ0) is 12.3. The first-order valence-corrected chi connectivity index (χ1v) is 6.56. The number of rotatable bonds is 0. The van der Waals surface area contributed by atoms with E-state index in [-0.39, 0.29) is 12.0 Å². The maximum atomic E-state index is 12.0. The molecule has 1 aliphatic heterocycles. The van der Waals surface area contributed by atoms with Crippen LogP contribution in [0, 0.1) is 0 Å². The second-order valence-electron chi connectivity index (χ2n) is 5.22. The molecule has 0 N–H and O–H groups in total. The van der Waals surface area contributed by atoms with Crippen molar-refractivity contribution in [2.75, 3.05) is 0 Å². The van der Waals surface area contributed by atoms with E-state index in [9.17, 15) is 4.79 Å². The van der Waals surface area contributed by atoms with Crippen LogP contribution in [-0.2, 0) is 11.2 Å². The van der Waals surface area contributed by atoms with E-state index < -0.39 is 0 Å². The Morgan fingerprint density at radius 1 is 1.39 bits per heavy atom. The van der Waals surface area contributed by atoms with Crippen molar-refractivity contribution in [1.82, 2.24) is 4.57 Å². The third-order valence-corrected chi connectivity index (χ3v) is 4.10. The van der Waals surface area contributed by atoms with Crippen LogP contribution in [0.4, 0.5) is 0 Å². The van der Waals surface area contributed by atoms with E-state index in [1.54, 1.807) is 6.92 Å². The van der Waals surface area contributed by atoms with Crippen LogP contribution in [0.1, 0.15) is 41.9 Å². The molecule has 0 spiro atoms. The SMILES string of the molecule is CC(=O)n1c2c(c3ccccc31)CCCC1OC21. The van der Waals surface area contributed by atoms with E-state index >= 15 is 0 Å². The number of benzene rings is 1. The zero-order valence-corrected chi connectivity index (χ0v) is 10.3. The molecule has 0 amide bonds. The predicted octanol–water partition coefficient (Wildman–Crippen LogP) is 3.08. The van der Waals surface area contributed by atoms with Crippen LogP contribution < -0.4 is 0 Å². The maximum absolute atomic E-state index is 12.0. The van der Waals surface area contributed by atoms with Crippen molar-refractivity contribution in [3.05, 3.63) is 35.5 Å². The van der Waals surface area contributed by atoms with Gasteiger partial charge in [0.1, 0.15) is 6.10 Å². The van der Waals surface area contributed by atoms with Crippen molar-refractivity contribution in [2.45, 2.75) is 38.4 Å². The molecule has 3 heteroatoms. The summed E-state index contributed by atoms with van der Waals surface area (Å²) >= 11 is 0. The number of fused-ring (bicyclic) bond motifs is 5. The normalized spacial score (nSPS) is 25.4. The number of para-hydroxylation sites is 1. The molecule has 1 aromatic carbocycles. The summed E-state index contributed by atoms with van der Waals surface area (Å²) in [4.78, 5) is 12.0. The first-order valence-electron chi connectivity index (χ1n) is 6.56. The Hall–Kier alpha value is -1.61. The second-order valence-corrected chi connectivity index (χ2v) is 5.22. The van der Waals surface area contributed by atoms with E-state index in [1.807, 2.05) is 22.8 Å². The van der Waals surface area contributed by atoms with E-state index in [2.05, 4.69) is 6.07 Å². The molecule has 92 valence electrons. The topological polar surface area (TPSA) is 34.5 Å². The third-order valence-electron chi connectivity index (χ3n) is 4.10. The van der Waals surface area contributed by atoms with Gasteiger partial charge >= 0.3 is 0 Å². The van der Waals surface area contributed by atoms with Crippen LogP contribution in [0.15, 0.2) is 24.3 Å². The van der Waals surface area contributed by atoms with Crippen molar-refractivity contribution in [3.63, 3.8) is 0 Å². The summed E-state index contributed by atoms with van der Waals surface area (Å²) in [6.07, 6.45) is 3.82. The molecule has 0 radical (unpaired) electrons. The minimum Gasteiger partial charge on any atom is -0.363 e. The Morgan fingerprint density at radius 3 is 3.06 bits per heavy atom. The summed E-state index contributed by atoms with van der Waals surface area (Å²) in [5.41, 5.74) is 3.48. The first kappa shape index (κ1) is 10.3. The molecule has 0 saturated carbocycles. The molecule has 1 aromatic heterocycles. The van der Waals surface area contributed by atoms with Crippen molar-refractivity contribution in [1.29, 1.82) is 0 Å². The summed E-state index contributed by atoms with van der Waals surface area (Å²) in [5, 5.41) is 1.22. The smallest absolute Gasteiger partial charge is 0.228 e.